The first-order valence-electron chi connectivity index (χ1n) is 5.39. The Kier molecular flexibility index (Phi) is 1.89. The number of nitrogens with one attached hydrogen (secondary N) is 1. The maximum Gasteiger partial charge on any atom is 0.152 e. The van der Waals surface area contributed by atoms with Crippen LogP contribution in [0.4, 0.5) is 5.69 Å². The van der Waals surface area contributed by atoms with Gasteiger partial charge in [-0.25, -0.2) is 0 Å². The van der Waals surface area contributed by atoms with Gasteiger partial charge in [0.1, 0.15) is 5.75 Å². The molecular formula is C12H15NO2. The lowest BCUT2D eigenvalue weighted by molar-refractivity contribution is -0.150. The fraction of sp³-hybridized carbons (Fsp3) is 0.500. The van der Waals surface area contributed by atoms with E-state index in [9.17, 15) is 0 Å². The van der Waals surface area contributed by atoms with Gasteiger partial charge in [0.05, 0.1) is 13.2 Å². The van der Waals surface area contributed by atoms with Crippen LogP contribution in [0.1, 0.15) is 12.5 Å². The normalized spacial score (nSPS) is 21.4. The molecule has 3 heteroatoms. The maximum absolute atomic E-state index is 6.02. The Morgan fingerprint density at radius 1 is 1.40 bits per heavy atom. The van der Waals surface area contributed by atoms with E-state index in [0.29, 0.717) is 13.2 Å². The fourth-order valence-corrected chi connectivity index (χ4v) is 2.12. The highest BCUT2D eigenvalue weighted by atomic mass is 16.6. The van der Waals surface area contributed by atoms with Gasteiger partial charge in [0, 0.05) is 17.8 Å². The molecule has 0 amide bonds. The molecule has 0 atom stereocenters. The quantitative estimate of drug-likeness (QED) is 0.799. The third kappa shape index (κ3) is 1.47. The Hall–Kier alpha value is -1.22. The first kappa shape index (κ1) is 9.04. The molecule has 0 spiro atoms. The molecule has 1 fully saturated rings. The van der Waals surface area contributed by atoms with E-state index in [1.807, 2.05) is 6.07 Å². The van der Waals surface area contributed by atoms with Gasteiger partial charge in [-0.2, -0.15) is 0 Å². The molecule has 0 bridgehead atoms. The summed E-state index contributed by atoms with van der Waals surface area (Å²) in [6.07, 6.45) is 1.06. The molecular weight excluding hydrogens is 190 g/mol. The number of hydrogen-bond donors (Lipinski definition) is 1. The van der Waals surface area contributed by atoms with Crippen LogP contribution in [-0.2, 0) is 11.2 Å². The highest BCUT2D eigenvalue weighted by molar-refractivity contribution is 5.61. The van der Waals surface area contributed by atoms with E-state index in [4.69, 9.17) is 9.47 Å². The van der Waals surface area contributed by atoms with Crippen LogP contribution < -0.4 is 10.1 Å². The van der Waals surface area contributed by atoms with Crippen molar-refractivity contribution in [3.63, 3.8) is 0 Å². The third-order valence-electron chi connectivity index (χ3n) is 2.99. The minimum atomic E-state index is -0.113. The van der Waals surface area contributed by atoms with Crippen LogP contribution in [0.5, 0.6) is 5.75 Å². The smallest absolute Gasteiger partial charge is 0.152 e. The minimum Gasteiger partial charge on any atom is -0.482 e. The van der Waals surface area contributed by atoms with E-state index in [-0.39, 0.29) is 5.60 Å². The van der Waals surface area contributed by atoms with E-state index in [1.165, 1.54) is 11.3 Å². The minimum absolute atomic E-state index is 0.113. The van der Waals surface area contributed by atoms with Crippen LogP contribution in [-0.4, -0.2) is 25.4 Å². The second-order valence-electron chi connectivity index (χ2n) is 4.50. The van der Waals surface area contributed by atoms with Crippen molar-refractivity contribution in [1.29, 1.82) is 0 Å². The molecule has 3 rings (SSSR count). The summed E-state index contributed by atoms with van der Waals surface area (Å²) in [5, 5.41) is 3.35. The van der Waals surface area contributed by atoms with Crippen LogP contribution in [0.15, 0.2) is 18.2 Å². The van der Waals surface area contributed by atoms with Crippen LogP contribution >= 0.6 is 0 Å². The van der Waals surface area contributed by atoms with Crippen LogP contribution in [0, 0.1) is 0 Å². The summed E-state index contributed by atoms with van der Waals surface area (Å²) >= 11 is 0. The summed E-state index contributed by atoms with van der Waals surface area (Å²) in [6.45, 7) is 4.51. The number of fused-ring (bicyclic) bond motifs is 1. The van der Waals surface area contributed by atoms with Crippen molar-refractivity contribution in [2.45, 2.75) is 18.9 Å². The van der Waals surface area contributed by atoms with Gasteiger partial charge >= 0.3 is 0 Å². The van der Waals surface area contributed by atoms with Crippen molar-refractivity contribution in [1.82, 2.24) is 0 Å². The highest BCUT2D eigenvalue weighted by Gasteiger charge is 2.36. The van der Waals surface area contributed by atoms with E-state index in [1.54, 1.807) is 0 Å². The van der Waals surface area contributed by atoms with Crippen molar-refractivity contribution >= 4 is 5.69 Å². The lowest BCUT2D eigenvalue weighted by atomic mass is 10.0. The number of hydrogen-bond acceptors (Lipinski definition) is 3. The standard InChI is InChI=1S/C12H15NO2/c1-12(7-14-8-12)15-11-4-2-3-10-9(11)5-6-13-10/h2-4,13H,5-8H2,1H3. The van der Waals surface area contributed by atoms with E-state index in [2.05, 4.69) is 24.4 Å². The number of ether oxygens (including phenoxy) is 2. The zero-order valence-electron chi connectivity index (χ0n) is 8.88. The average molecular weight is 205 g/mol. The topological polar surface area (TPSA) is 30.5 Å². The molecule has 1 saturated heterocycles. The van der Waals surface area contributed by atoms with Gasteiger partial charge in [-0.1, -0.05) is 6.07 Å². The molecule has 3 nitrogen and oxygen atoms in total. The molecule has 2 aliphatic rings. The lowest BCUT2D eigenvalue weighted by Crippen LogP contribution is -2.51. The first-order chi connectivity index (χ1) is 7.27. The second kappa shape index (κ2) is 3.14. The number of anilines is 1. The largest absolute Gasteiger partial charge is 0.482 e. The molecule has 0 saturated carbocycles. The summed E-state index contributed by atoms with van der Waals surface area (Å²) in [5.41, 5.74) is 2.42. The molecule has 1 N–H and O–H groups in total. The monoisotopic (exact) mass is 205 g/mol. The van der Waals surface area contributed by atoms with Gasteiger partial charge in [-0.05, 0) is 25.5 Å². The Labute approximate surface area is 89.4 Å². The molecule has 0 aromatic heterocycles. The molecule has 1 aromatic rings. The summed E-state index contributed by atoms with van der Waals surface area (Å²) in [7, 11) is 0. The van der Waals surface area contributed by atoms with Crippen molar-refractivity contribution in [2.24, 2.45) is 0 Å². The lowest BCUT2D eigenvalue weighted by Gasteiger charge is -2.38. The van der Waals surface area contributed by atoms with Gasteiger partial charge in [-0.3, -0.25) is 0 Å². The van der Waals surface area contributed by atoms with Gasteiger partial charge in [0.25, 0.3) is 0 Å². The second-order valence-corrected chi connectivity index (χ2v) is 4.50. The molecule has 2 aliphatic heterocycles. The Morgan fingerprint density at radius 2 is 2.27 bits per heavy atom. The maximum atomic E-state index is 6.02. The molecule has 0 unspecified atom stereocenters. The average Bonchev–Trinajstić information content (AvgIpc) is 2.64. The summed E-state index contributed by atoms with van der Waals surface area (Å²) in [6, 6.07) is 6.19. The zero-order valence-corrected chi connectivity index (χ0v) is 8.88. The van der Waals surface area contributed by atoms with E-state index < -0.39 is 0 Å². The van der Waals surface area contributed by atoms with Crippen molar-refractivity contribution < 1.29 is 9.47 Å². The van der Waals surface area contributed by atoms with Gasteiger partial charge < -0.3 is 14.8 Å². The van der Waals surface area contributed by atoms with Gasteiger partial charge in [0.2, 0.25) is 0 Å². The molecule has 0 aliphatic carbocycles. The highest BCUT2D eigenvalue weighted by Crippen LogP contribution is 2.34. The van der Waals surface area contributed by atoms with Crippen molar-refractivity contribution in [3.8, 4) is 5.75 Å². The van der Waals surface area contributed by atoms with Crippen LogP contribution in [0.3, 0.4) is 0 Å². The summed E-state index contributed by atoms with van der Waals surface area (Å²) in [4.78, 5) is 0. The Morgan fingerprint density at radius 3 is 3.00 bits per heavy atom. The number of benzene rings is 1. The van der Waals surface area contributed by atoms with Crippen molar-refractivity contribution in [2.75, 3.05) is 25.1 Å². The van der Waals surface area contributed by atoms with Crippen molar-refractivity contribution in [3.05, 3.63) is 23.8 Å². The predicted octanol–water partition coefficient (Wildman–Crippen LogP) is 1.82. The van der Waals surface area contributed by atoms with E-state index in [0.717, 1.165) is 18.7 Å². The zero-order chi connectivity index (χ0) is 10.3. The Bertz CT molecular complexity index is 385. The van der Waals surface area contributed by atoms with Crippen LogP contribution in [0.2, 0.25) is 0 Å². The predicted molar refractivity (Wildman–Crippen MR) is 58.5 cm³/mol. The third-order valence-corrected chi connectivity index (χ3v) is 2.99. The first-order valence-corrected chi connectivity index (χ1v) is 5.39. The SMILES string of the molecule is CC1(Oc2cccc3c2CCN3)COC1. The fourth-order valence-electron chi connectivity index (χ4n) is 2.12. The summed E-state index contributed by atoms with van der Waals surface area (Å²) < 4.78 is 11.2. The number of rotatable bonds is 2. The van der Waals surface area contributed by atoms with Crippen LogP contribution in [0.25, 0.3) is 0 Å². The molecule has 1 aromatic carbocycles. The Balaban J connectivity index is 1.89. The molecule has 0 radical (unpaired) electrons. The summed E-state index contributed by atoms with van der Waals surface area (Å²) in [5.74, 6) is 1.02. The molecule has 15 heavy (non-hydrogen) atoms. The van der Waals surface area contributed by atoms with Gasteiger partial charge in [-0.15, -0.1) is 0 Å². The molecule has 80 valence electrons. The van der Waals surface area contributed by atoms with E-state index >= 15 is 0 Å². The molecule has 2 heterocycles. The van der Waals surface area contributed by atoms with Gasteiger partial charge in [0.15, 0.2) is 5.60 Å².